The maximum atomic E-state index is 4.67. The van der Waals surface area contributed by atoms with Crippen molar-refractivity contribution in [3.8, 4) is 11.4 Å². The highest BCUT2D eigenvalue weighted by Crippen LogP contribution is 2.23. The minimum Gasteiger partial charge on any atom is -0.316 e. The van der Waals surface area contributed by atoms with E-state index in [0.29, 0.717) is 5.92 Å². The predicted octanol–water partition coefficient (Wildman–Crippen LogP) is 3.26. The molecule has 0 aromatic carbocycles. The highest BCUT2D eigenvalue weighted by Gasteiger charge is 2.15. The van der Waals surface area contributed by atoms with Crippen molar-refractivity contribution in [2.24, 2.45) is 0 Å². The molecule has 0 saturated carbocycles. The maximum absolute atomic E-state index is 4.67. The SMILES string of the molecule is CCCNCC(C)c1c(C)nc(-c2cccnc2)nc1C. The first-order valence-corrected chi connectivity index (χ1v) is 7.59. The van der Waals surface area contributed by atoms with E-state index >= 15 is 0 Å². The van der Waals surface area contributed by atoms with Crippen LogP contribution in [0.2, 0.25) is 0 Å². The van der Waals surface area contributed by atoms with Gasteiger partial charge in [-0.05, 0) is 50.4 Å². The molecule has 0 bridgehead atoms. The van der Waals surface area contributed by atoms with Crippen LogP contribution in [0.4, 0.5) is 0 Å². The van der Waals surface area contributed by atoms with E-state index in [2.05, 4.69) is 48.0 Å². The minimum absolute atomic E-state index is 0.416. The van der Waals surface area contributed by atoms with Crippen LogP contribution >= 0.6 is 0 Å². The van der Waals surface area contributed by atoms with Crippen molar-refractivity contribution in [2.75, 3.05) is 13.1 Å². The summed E-state index contributed by atoms with van der Waals surface area (Å²) in [5, 5.41) is 3.47. The van der Waals surface area contributed by atoms with Gasteiger partial charge in [0.05, 0.1) is 0 Å². The van der Waals surface area contributed by atoms with E-state index in [4.69, 9.17) is 0 Å². The normalized spacial score (nSPS) is 12.4. The Morgan fingerprint density at radius 3 is 2.48 bits per heavy atom. The lowest BCUT2D eigenvalue weighted by Gasteiger charge is -2.18. The molecule has 0 saturated heterocycles. The average molecular weight is 284 g/mol. The number of aryl methyl sites for hydroxylation is 2. The van der Waals surface area contributed by atoms with Crippen molar-refractivity contribution < 1.29 is 0 Å². The molecule has 0 aliphatic carbocycles. The lowest BCUT2D eigenvalue weighted by molar-refractivity contribution is 0.601. The van der Waals surface area contributed by atoms with Gasteiger partial charge in [0.1, 0.15) is 0 Å². The Kier molecular flexibility index (Phi) is 5.39. The first-order valence-electron chi connectivity index (χ1n) is 7.59. The zero-order valence-corrected chi connectivity index (χ0v) is 13.3. The topological polar surface area (TPSA) is 50.7 Å². The summed E-state index contributed by atoms with van der Waals surface area (Å²) in [6.45, 7) is 10.6. The Bertz CT molecular complexity index is 558. The van der Waals surface area contributed by atoms with Crippen molar-refractivity contribution in [3.05, 3.63) is 41.5 Å². The zero-order valence-electron chi connectivity index (χ0n) is 13.3. The van der Waals surface area contributed by atoms with Crippen LogP contribution in [0.15, 0.2) is 24.5 Å². The monoisotopic (exact) mass is 284 g/mol. The molecule has 1 atom stereocenters. The van der Waals surface area contributed by atoms with E-state index in [0.717, 1.165) is 42.3 Å². The molecular formula is C17H24N4. The maximum Gasteiger partial charge on any atom is 0.161 e. The van der Waals surface area contributed by atoms with Crippen molar-refractivity contribution in [2.45, 2.75) is 40.0 Å². The summed E-state index contributed by atoms with van der Waals surface area (Å²) in [5.41, 5.74) is 4.34. The van der Waals surface area contributed by atoms with Gasteiger partial charge in [-0.1, -0.05) is 13.8 Å². The van der Waals surface area contributed by atoms with Gasteiger partial charge in [-0.15, -0.1) is 0 Å². The first kappa shape index (κ1) is 15.6. The van der Waals surface area contributed by atoms with Crippen LogP contribution in [0, 0.1) is 13.8 Å². The third-order valence-electron chi connectivity index (χ3n) is 3.62. The third kappa shape index (κ3) is 3.85. The van der Waals surface area contributed by atoms with Crippen LogP contribution in [0.3, 0.4) is 0 Å². The number of aromatic nitrogens is 3. The molecule has 1 N–H and O–H groups in total. The van der Waals surface area contributed by atoms with Gasteiger partial charge in [-0.3, -0.25) is 4.98 Å². The Labute approximate surface area is 127 Å². The molecule has 0 amide bonds. The van der Waals surface area contributed by atoms with E-state index in [1.165, 1.54) is 5.56 Å². The summed E-state index contributed by atoms with van der Waals surface area (Å²) in [5.74, 6) is 1.18. The Hall–Kier alpha value is -1.81. The molecule has 2 aromatic rings. The summed E-state index contributed by atoms with van der Waals surface area (Å²) in [6.07, 6.45) is 4.72. The lowest BCUT2D eigenvalue weighted by atomic mass is 9.97. The first-order chi connectivity index (χ1) is 10.1. The molecule has 112 valence electrons. The van der Waals surface area contributed by atoms with Crippen LogP contribution in [0.1, 0.15) is 43.1 Å². The summed E-state index contributed by atoms with van der Waals surface area (Å²) in [6, 6.07) is 3.90. The third-order valence-corrected chi connectivity index (χ3v) is 3.62. The second-order valence-corrected chi connectivity index (χ2v) is 5.48. The molecule has 2 heterocycles. The van der Waals surface area contributed by atoms with Crippen molar-refractivity contribution in [3.63, 3.8) is 0 Å². The molecule has 0 aliphatic rings. The zero-order chi connectivity index (χ0) is 15.2. The smallest absolute Gasteiger partial charge is 0.161 e. The number of rotatable bonds is 6. The van der Waals surface area contributed by atoms with E-state index in [9.17, 15) is 0 Å². The summed E-state index contributed by atoms with van der Waals surface area (Å²) in [7, 11) is 0. The molecular weight excluding hydrogens is 260 g/mol. The number of pyridine rings is 1. The molecule has 1 unspecified atom stereocenters. The number of hydrogen-bond donors (Lipinski definition) is 1. The van der Waals surface area contributed by atoms with Gasteiger partial charge in [-0.2, -0.15) is 0 Å². The standard InChI is InChI=1S/C17H24N4/c1-5-8-18-10-12(2)16-13(3)20-17(21-14(16)4)15-7-6-9-19-11-15/h6-7,9,11-12,18H,5,8,10H2,1-4H3. The summed E-state index contributed by atoms with van der Waals surface area (Å²) in [4.78, 5) is 13.5. The highest BCUT2D eigenvalue weighted by molar-refractivity contribution is 5.54. The Balaban J connectivity index is 2.25. The van der Waals surface area contributed by atoms with Crippen LogP contribution in [0.5, 0.6) is 0 Å². The number of hydrogen-bond acceptors (Lipinski definition) is 4. The van der Waals surface area contributed by atoms with Crippen LogP contribution in [-0.4, -0.2) is 28.0 Å². The molecule has 0 fully saturated rings. The second kappa shape index (κ2) is 7.27. The summed E-state index contributed by atoms with van der Waals surface area (Å²) < 4.78 is 0. The second-order valence-electron chi connectivity index (χ2n) is 5.48. The molecule has 21 heavy (non-hydrogen) atoms. The minimum atomic E-state index is 0.416. The molecule has 4 heteroatoms. The van der Waals surface area contributed by atoms with Crippen molar-refractivity contribution >= 4 is 0 Å². The van der Waals surface area contributed by atoms with Crippen LogP contribution in [0.25, 0.3) is 11.4 Å². The van der Waals surface area contributed by atoms with Crippen LogP contribution in [-0.2, 0) is 0 Å². The largest absolute Gasteiger partial charge is 0.316 e. The van der Waals surface area contributed by atoms with Gasteiger partial charge in [0, 0.05) is 35.9 Å². The van der Waals surface area contributed by atoms with Crippen molar-refractivity contribution in [1.82, 2.24) is 20.3 Å². The van der Waals surface area contributed by atoms with E-state index < -0.39 is 0 Å². The van der Waals surface area contributed by atoms with Gasteiger partial charge >= 0.3 is 0 Å². The highest BCUT2D eigenvalue weighted by atomic mass is 14.9. The fraction of sp³-hybridized carbons (Fsp3) is 0.471. The van der Waals surface area contributed by atoms with E-state index in [1.54, 1.807) is 12.4 Å². The van der Waals surface area contributed by atoms with Gasteiger partial charge < -0.3 is 5.32 Å². The van der Waals surface area contributed by atoms with Gasteiger partial charge in [0.15, 0.2) is 5.82 Å². The molecule has 2 aromatic heterocycles. The lowest BCUT2D eigenvalue weighted by Crippen LogP contribution is -2.22. The molecule has 0 radical (unpaired) electrons. The quantitative estimate of drug-likeness (QED) is 0.827. The van der Waals surface area contributed by atoms with Gasteiger partial charge in [-0.25, -0.2) is 9.97 Å². The van der Waals surface area contributed by atoms with Gasteiger partial charge in [0.25, 0.3) is 0 Å². The molecule has 4 nitrogen and oxygen atoms in total. The van der Waals surface area contributed by atoms with Crippen molar-refractivity contribution in [1.29, 1.82) is 0 Å². The summed E-state index contributed by atoms with van der Waals surface area (Å²) >= 11 is 0. The molecule has 2 rings (SSSR count). The fourth-order valence-electron chi connectivity index (χ4n) is 2.66. The fourth-order valence-corrected chi connectivity index (χ4v) is 2.66. The number of nitrogens with zero attached hydrogens (tertiary/aromatic N) is 3. The Morgan fingerprint density at radius 1 is 1.19 bits per heavy atom. The molecule has 0 spiro atoms. The van der Waals surface area contributed by atoms with E-state index in [-0.39, 0.29) is 0 Å². The Morgan fingerprint density at radius 2 is 1.90 bits per heavy atom. The van der Waals surface area contributed by atoms with Crippen LogP contribution < -0.4 is 5.32 Å². The molecule has 0 aliphatic heterocycles. The van der Waals surface area contributed by atoms with Gasteiger partial charge in [0.2, 0.25) is 0 Å². The van der Waals surface area contributed by atoms with E-state index in [1.807, 2.05) is 12.1 Å². The average Bonchev–Trinajstić information content (AvgIpc) is 2.47. The number of nitrogens with one attached hydrogen (secondary N) is 1. The predicted molar refractivity (Wildman–Crippen MR) is 86.3 cm³/mol.